The summed E-state index contributed by atoms with van der Waals surface area (Å²) < 4.78 is 27.3. The van der Waals surface area contributed by atoms with Crippen LogP contribution in [0.15, 0.2) is 23.4 Å². The number of nitrogens with one attached hydrogen (secondary N) is 1. The summed E-state index contributed by atoms with van der Waals surface area (Å²) in [6, 6.07) is 3.44. The molecule has 0 radical (unpaired) electrons. The van der Waals surface area contributed by atoms with E-state index in [1.807, 2.05) is 6.92 Å². The fourth-order valence-electron chi connectivity index (χ4n) is 2.77. The highest BCUT2D eigenvalue weighted by Crippen LogP contribution is 2.30. The Hall–Kier alpha value is -1.18. The number of nitrogens with zero attached hydrogens (tertiary/aromatic N) is 2. The van der Waals surface area contributed by atoms with E-state index in [-0.39, 0.29) is 17.7 Å². The van der Waals surface area contributed by atoms with Crippen molar-refractivity contribution in [2.75, 3.05) is 25.0 Å². The molecule has 6 nitrogen and oxygen atoms in total. The molecule has 2 heterocycles. The van der Waals surface area contributed by atoms with Gasteiger partial charge in [-0.1, -0.05) is 0 Å². The van der Waals surface area contributed by atoms with E-state index in [2.05, 4.69) is 10.3 Å². The molecule has 2 rings (SSSR count). The molecule has 1 saturated heterocycles. The summed E-state index contributed by atoms with van der Waals surface area (Å²) in [6.45, 7) is 3.18. The summed E-state index contributed by atoms with van der Waals surface area (Å²) >= 11 is 0. The zero-order valence-electron chi connectivity index (χ0n) is 12.3. The number of sulfonamides is 1. The van der Waals surface area contributed by atoms with Crippen LogP contribution in [-0.2, 0) is 10.0 Å². The van der Waals surface area contributed by atoms with Crippen molar-refractivity contribution in [2.45, 2.75) is 43.7 Å². The average molecular weight is 313 g/mol. The van der Waals surface area contributed by atoms with Crippen LogP contribution in [0.5, 0.6) is 0 Å². The predicted molar refractivity (Wildman–Crippen MR) is 81.6 cm³/mol. The normalized spacial score (nSPS) is 19.8. The number of aliphatic hydroxyl groups excluding tert-OH is 1. The van der Waals surface area contributed by atoms with Gasteiger partial charge in [-0.25, -0.2) is 13.4 Å². The first-order valence-electron chi connectivity index (χ1n) is 7.42. The third-order valence-corrected chi connectivity index (χ3v) is 5.62. The van der Waals surface area contributed by atoms with E-state index in [0.717, 1.165) is 12.8 Å². The molecular formula is C14H23N3O3S. The molecule has 21 heavy (non-hydrogen) atoms. The van der Waals surface area contributed by atoms with Crippen LogP contribution in [0.25, 0.3) is 0 Å². The number of anilines is 1. The minimum atomic E-state index is -3.59. The van der Waals surface area contributed by atoms with Gasteiger partial charge in [-0.3, -0.25) is 0 Å². The Morgan fingerprint density at radius 2 is 2.33 bits per heavy atom. The van der Waals surface area contributed by atoms with Crippen LogP contribution in [0, 0.1) is 0 Å². The molecule has 1 aliphatic rings. The minimum absolute atomic E-state index is 0.0290. The number of aliphatic hydroxyl groups is 1. The average Bonchev–Trinajstić information content (AvgIpc) is 2.95. The van der Waals surface area contributed by atoms with Crippen molar-refractivity contribution in [1.82, 2.24) is 9.29 Å². The maximum atomic E-state index is 12.9. The molecule has 7 heteroatoms. The van der Waals surface area contributed by atoms with Gasteiger partial charge in [0, 0.05) is 31.9 Å². The molecule has 1 unspecified atom stereocenters. The monoisotopic (exact) mass is 313 g/mol. The zero-order valence-corrected chi connectivity index (χ0v) is 13.1. The maximum absolute atomic E-state index is 12.9. The first kappa shape index (κ1) is 16.2. The van der Waals surface area contributed by atoms with E-state index in [4.69, 9.17) is 5.11 Å². The smallest absolute Gasteiger partial charge is 0.262 e. The van der Waals surface area contributed by atoms with Crippen molar-refractivity contribution < 1.29 is 13.5 Å². The molecule has 1 aromatic heterocycles. The van der Waals surface area contributed by atoms with Gasteiger partial charge in [-0.15, -0.1) is 0 Å². The van der Waals surface area contributed by atoms with Crippen molar-refractivity contribution in [3.63, 3.8) is 0 Å². The SMILES string of the molecule is CCNc1cccnc1S(=O)(=O)N1CCCC1CCCO. The Balaban J connectivity index is 2.29. The molecule has 118 valence electrons. The fraction of sp³-hybridized carbons (Fsp3) is 0.643. The van der Waals surface area contributed by atoms with Crippen LogP contribution in [-0.4, -0.2) is 48.6 Å². The van der Waals surface area contributed by atoms with Crippen LogP contribution in [0.4, 0.5) is 5.69 Å². The molecule has 0 bridgehead atoms. The lowest BCUT2D eigenvalue weighted by Crippen LogP contribution is -2.36. The van der Waals surface area contributed by atoms with Gasteiger partial charge in [0.05, 0.1) is 5.69 Å². The second kappa shape index (κ2) is 7.20. The maximum Gasteiger partial charge on any atom is 0.262 e. The molecule has 0 saturated carbocycles. The van der Waals surface area contributed by atoms with Gasteiger partial charge in [-0.05, 0) is 44.7 Å². The number of rotatable bonds is 7. The number of hydrogen-bond donors (Lipinski definition) is 2. The first-order chi connectivity index (χ1) is 10.1. The van der Waals surface area contributed by atoms with Crippen LogP contribution in [0.2, 0.25) is 0 Å². The zero-order chi connectivity index (χ0) is 15.3. The first-order valence-corrected chi connectivity index (χ1v) is 8.87. The van der Waals surface area contributed by atoms with Gasteiger partial charge in [0.25, 0.3) is 10.0 Å². The standard InChI is InChI=1S/C14H23N3O3S/c1-2-15-13-8-3-9-16-14(13)21(19,20)17-10-4-6-12(17)7-5-11-18/h3,8-9,12,15,18H,2,4-7,10-11H2,1H3. The summed E-state index contributed by atoms with van der Waals surface area (Å²) in [6.07, 6.45) is 4.53. The van der Waals surface area contributed by atoms with Crippen molar-refractivity contribution in [1.29, 1.82) is 0 Å². The molecular weight excluding hydrogens is 290 g/mol. The molecule has 0 aliphatic carbocycles. The minimum Gasteiger partial charge on any atom is -0.396 e. The number of pyridine rings is 1. The van der Waals surface area contributed by atoms with E-state index in [1.165, 1.54) is 6.20 Å². The molecule has 1 aliphatic heterocycles. The Morgan fingerprint density at radius 1 is 1.52 bits per heavy atom. The van der Waals surface area contributed by atoms with Crippen LogP contribution >= 0.6 is 0 Å². The molecule has 1 atom stereocenters. The quantitative estimate of drug-likeness (QED) is 0.796. The largest absolute Gasteiger partial charge is 0.396 e. The van der Waals surface area contributed by atoms with Crippen LogP contribution in [0.1, 0.15) is 32.6 Å². The van der Waals surface area contributed by atoms with Crippen LogP contribution < -0.4 is 5.32 Å². The Morgan fingerprint density at radius 3 is 3.05 bits per heavy atom. The summed E-state index contributed by atoms with van der Waals surface area (Å²) in [4.78, 5) is 4.09. The lowest BCUT2D eigenvalue weighted by atomic mass is 10.1. The third-order valence-electron chi connectivity index (χ3n) is 3.71. The van der Waals surface area contributed by atoms with E-state index in [1.54, 1.807) is 16.4 Å². The van der Waals surface area contributed by atoms with Gasteiger partial charge < -0.3 is 10.4 Å². The second-order valence-electron chi connectivity index (χ2n) is 5.16. The topological polar surface area (TPSA) is 82.5 Å². The predicted octanol–water partition coefficient (Wildman–Crippen LogP) is 1.44. The summed E-state index contributed by atoms with van der Waals surface area (Å²) in [5.41, 5.74) is 0.549. The summed E-state index contributed by atoms with van der Waals surface area (Å²) in [5.74, 6) is 0. The molecule has 0 spiro atoms. The van der Waals surface area contributed by atoms with Gasteiger partial charge in [0.2, 0.25) is 0 Å². The Labute approximate surface area is 126 Å². The third kappa shape index (κ3) is 3.53. The molecule has 1 fully saturated rings. The van der Waals surface area contributed by atoms with E-state index < -0.39 is 10.0 Å². The number of hydrogen-bond acceptors (Lipinski definition) is 5. The van der Waals surface area contributed by atoms with Crippen LogP contribution in [0.3, 0.4) is 0 Å². The Kier molecular flexibility index (Phi) is 5.55. The van der Waals surface area contributed by atoms with E-state index in [0.29, 0.717) is 31.6 Å². The Bertz CT molecular complexity index is 562. The highest BCUT2D eigenvalue weighted by Gasteiger charge is 2.36. The molecule has 0 aromatic carbocycles. The summed E-state index contributed by atoms with van der Waals surface area (Å²) in [7, 11) is -3.59. The van der Waals surface area contributed by atoms with E-state index in [9.17, 15) is 8.42 Å². The van der Waals surface area contributed by atoms with Gasteiger partial charge in [0.15, 0.2) is 5.03 Å². The number of aromatic nitrogens is 1. The van der Waals surface area contributed by atoms with Crippen molar-refractivity contribution in [3.05, 3.63) is 18.3 Å². The summed E-state index contributed by atoms with van der Waals surface area (Å²) in [5, 5.41) is 12.1. The van der Waals surface area contributed by atoms with Crippen molar-refractivity contribution in [2.24, 2.45) is 0 Å². The fourth-order valence-corrected chi connectivity index (χ4v) is 4.58. The second-order valence-corrected chi connectivity index (χ2v) is 6.97. The van der Waals surface area contributed by atoms with Gasteiger partial charge in [-0.2, -0.15) is 4.31 Å². The lowest BCUT2D eigenvalue weighted by molar-refractivity contribution is 0.264. The lowest BCUT2D eigenvalue weighted by Gasteiger charge is -2.24. The van der Waals surface area contributed by atoms with E-state index >= 15 is 0 Å². The van der Waals surface area contributed by atoms with Gasteiger partial charge in [0.1, 0.15) is 0 Å². The van der Waals surface area contributed by atoms with Crippen molar-refractivity contribution in [3.8, 4) is 0 Å². The highest BCUT2D eigenvalue weighted by molar-refractivity contribution is 7.89. The van der Waals surface area contributed by atoms with Gasteiger partial charge >= 0.3 is 0 Å². The highest BCUT2D eigenvalue weighted by atomic mass is 32.2. The van der Waals surface area contributed by atoms with Crippen molar-refractivity contribution >= 4 is 15.7 Å². The molecule has 1 aromatic rings. The molecule has 2 N–H and O–H groups in total. The molecule has 0 amide bonds.